The molecular weight excluding hydrogens is 378 g/mol. The van der Waals surface area contributed by atoms with Crippen LogP contribution in [0, 0.1) is 6.92 Å². The first-order valence-electron chi connectivity index (χ1n) is 10.8. The molecule has 0 aromatic carbocycles. The lowest BCUT2D eigenvalue weighted by atomic mass is 9.93. The number of fused-ring (bicyclic) bond motifs is 1. The third kappa shape index (κ3) is 3.80. The van der Waals surface area contributed by atoms with E-state index in [-0.39, 0.29) is 17.4 Å². The molecule has 1 N–H and O–H groups in total. The molecule has 1 aliphatic rings. The van der Waals surface area contributed by atoms with Gasteiger partial charge in [0.05, 0.1) is 11.4 Å². The van der Waals surface area contributed by atoms with Crippen LogP contribution in [-0.2, 0) is 6.42 Å². The van der Waals surface area contributed by atoms with E-state index in [0.717, 1.165) is 36.5 Å². The largest absolute Gasteiger partial charge is 0.365 e. The number of carbonyl (C=O) groups excluding carboxylic acids is 1. The molecule has 4 rings (SSSR count). The summed E-state index contributed by atoms with van der Waals surface area (Å²) in [6.45, 7) is 11.7. The number of anilines is 1. The molecule has 160 valence electrons. The number of piperidine rings is 1. The summed E-state index contributed by atoms with van der Waals surface area (Å²) in [5, 5.41) is 7.66. The summed E-state index contributed by atoms with van der Waals surface area (Å²) in [4.78, 5) is 20.2. The first-order chi connectivity index (χ1) is 14.3. The van der Waals surface area contributed by atoms with E-state index in [2.05, 4.69) is 35.6 Å². The summed E-state index contributed by atoms with van der Waals surface area (Å²) in [5.74, 6) is 1.89. The van der Waals surface area contributed by atoms with E-state index in [1.165, 1.54) is 0 Å². The molecule has 0 radical (unpaired) electrons. The maximum absolute atomic E-state index is 13.3. The summed E-state index contributed by atoms with van der Waals surface area (Å²) in [7, 11) is 0. The number of pyridine rings is 1. The second kappa shape index (κ2) is 7.78. The molecule has 3 aromatic rings. The van der Waals surface area contributed by atoms with Crippen LogP contribution in [0.3, 0.4) is 0 Å². The van der Waals surface area contributed by atoms with Gasteiger partial charge in [0.1, 0.15) is 22.8 Å². The second-order valence-corrected chi connectivity index (χ2v) is 9.16. The molecule has 1 aliphatic heterocycles. The summed E-state index contributed by atoms with van der Waals surface area (Å²) in [6, 6.07) is 6.05. The molecule has 1 saturated heterocycles. The van der Waals surface area contributed by atoms with Gasteiger partial charge >= 0.3 is 0 Å². The number of carbonyl (C=O) groups is 1. The Labute approximate surface area is 177 Å². The van der Waals surface area contributed by atoms with Crippen LogP contribution in [0.1, 0.15) is 74.0 Å². The van der Waals surface area contributed by atoms with Gasteiger partial charge in [-0.3, -0.25) is 9.20 Å². The zero-order chi connectivity index (χ0) is 21.5. The number of imidazole rings is 1. The fraction of sp³-hybridized carbons (Fsp3) is 0.522. The van der Waals surface area contributed by atoms with Crippen molar-refractivity contribution < 1.29 is 9.32 Å². The molecule has 30 heavy (non-hydrogen) atoms. The number of aromatic nitrogens is 3. The predicted molar refractivity (Wildman–Crippen MR) is 117 cm³/mol. The molecule has 7 heteroatoms. The molecule has 7 nitrogen and oxygen atoms in total. The minimum atomic E-state index is -0.0969. The number of nitrogens with one attached hydrogen (secondary N) is 1. The Kier molecular flexibility index (Phi) is 5.30. The normalized spacial score (nSPS) is 17.5. The molecule has 0 aliphatic carbocycles. The summed E-state index contributed by atoms with van der Waals surface area (Å²) in [6.07, 6.45) is 4.66. The van der Waals surface area contributed by atoms with Gasteiger partial charge in [0.2, 0.25) is 0 Å². The summed E-state index contributed by atoms with van der Waals surface area (Å²) in [5.41, 5.74) is 3.15. The van der Waals surface area contributed by atoms with E-state index in [9.17, 15) is 4.79 Å². The molecule has 0 unspecified atom stereocenters. The van der Waals surface area contributed by atoms with Crippen LogP contribution in [-0.4, -0.2) is 44.0 Å². The molecule has 3 aromatic heterocycles. The number of hydrogen-bond donors (Lipinski definition) is 1. The van der Waals surface area contributed by atoms with Gasteiger partial charge in [-0.15, -0.1) is 0 Å². The zero-order valence-corrected chi connectivity index (χ0v) is 18.5. The lowest BCUT2D eigenvalue weighted by molar-refractivity contribution is 0.0703. The number of likely N-dealkylation sites (tertiary alicyclic amines) is 1. The fourth-order valence-corrected chi connectivity index (χ4v) is 4.25. The van der Waals surface area contributed by atoms with Gasteiger partial charge in [0.15, 0.2) is 0 Å². The molecule has 1 fully saturated rings. The predicted octanol–water partition coefficient (Wildman–Crippen LogP) is 4.42. The summed E-state index contributed by atoms with van der Waals surface area (Å²) < 4.78 is 7.47. The van der Waals surface area contributed by atoms with Gasteiger partial charge < -0.3 is 14.7 Å². The van der Waals surface area contributed by atoms with Crippen molar-refractivity contribution in [3.8, 4) is 0 Å². The molecule has 0 spiro atoms. The minimum Gasteiger partial charge on any atom is -0.365 e. The highest BCUT2D eigenvalue weighted by atomic mass is 16.5. The average Bonchev–Trinajstić information content (AvgIpc) is 3.27. The quantitative estimate of drug-likeness (QED) is 0.690. The van der Waals surface area contributed by atoms with Crippen molar-refractivity contribution in [2.75, 3.05) is 18.4 Å². The van der Waals surface area contributed by atoms with Gasteiger partial charge in [-0.2, -0.15) is 0 Å². The number of nitrogens with zero attached hydrogens (tertiary/aromatic N) is 4. The van der Waals surface area contributed by atoms with Gasteiger partial charge in [0, 0.05) is 37.2 Å². The topological polar surface area (TPSA) is 75.7 Å². The molecule has 1 atom stereocenters. The maximum Gasteiger partial charge on any atom is 0.259 e. The Morgan fingerprint density at radius 3 is 2.87 bits per heavy atom. The zero-order valence-electron chi connectivity index (χ0n) is 18.5. The number of aryl methyl sites for hydroxylation is 2. The van der Waals surface area contributed by atoms with E-state index < -0.39 is 0 Å². The Bertz CT molecular complexity index is 1060. The maximum atomic E-state index is 13.3. The van der Waals surface area contributed by atoms with Crippen molar-refractivity contribution in [2.24, 2.45) is 0 Å². The van der Waals surface area contributed by atoms with Crippen molar-refractivity contribution in [1.29, 1.82) is 0 Å². The van der Waals surface area contributed by atoms with Crippen molar-refractivity contribution >= 4 is 17.4 Å². The molecule has 4 heterocycles. The van der Waals surface area contributed by atoms with E-state index in [0.29, 0.717) is 30.0 Å². The van der Waals surface area contributed by atoms with Crippen LogP contribution in [0.15, 0.2) is 28.9 Å². The Balaban J connectivity index is 1.67. The molecular formula is C23H31N5O2. The van der Waals surface area contributed by atoms with Gasteiger partial charge in [-0.1, -0.05) is 18.1 Å². The lowest BCUT2D eigenvalue weighted by Gasteiger charge is -2.33. The first kappa shape index (κ1) is 20.4. The monoisotopic (exact) mass is 409 g/mol. The van der Waals surface area contributed by atoms with Crippen LogP contribution in [0.5, 0.6) is 0 Å². The Hall–Kier alpha value is -2.83. The van der Waals surface area contributed by atoms with E-state index in [1.807, 2.05) is 43.1 Å². The van der Waals surface area contributed by atoms with Crippen LogP contribution in [0.4, 0.5) is 5.82 Å². The second-order valence-electron chi connectivity index (χ2n) is 9.16. The van der Waals surface area contributed by atoms with Crippen LogP contribution in [0.2, 0.25) is 0 Å². The average molecular weight is 410 g/mol. The number of hydrogen-bond acceptors (Lipinski definition) is 5. The van der Waals surface area contributed by atoms with Crippen molar-refractivity contribution in [3.63, 3.8) is 0 Å². The highest BCUT2D eigenvalue weighted by Crippen LogP contribution is 2.34. The third-order valence-corrected chi connectivity index (χ3v) is 5.61. The smallest absolute Gasteiger partial charge is 0.259 e. The molecule has 0 saturated carbocycles. The summed E-state index contributed by atoms with van der Waals surface area (Å²) >= 11 is 0. The number of amides is 1. The van der Waals surface area contributed by atoms with Crippen molar-refractivity contribution in [1.82, 2.24) is 19.4 Å². The Morgan fingerprint density at radius 2 is 2.13 bits per heavy atom. The van der Waals surface area contributed by atoms with Gasteiger partial charge in [-0.05, 0) is 52.7 Å². The first-order valence-corrected chi connectivity index (χ1v) is 10.8. The van der Waals surface area contributed by atoms with Crippen molar-refractivity contribution in [2.45, 2.75) is 65.3 Å². The van der Waals surface area contributed by atoms with Crippen LogP contribution >= 0.6 is 0 Å². The highest BCUT2D eigenvalue weighted by Gasteiger charge is 2.32. The van der Waals surface area contributed by atoms with E-state index in [4.69, 9.17) is 9.51 Å². The van der Waals surface area contributed by atoms with E-state index in [1.54, 1.807) is 0 Å². The third-order valence-electron chi connectivity index (χ3n) is 5.61. The van der Waals surface area contributed by atoms with Crippen LogP contribution < -0.4 is 5.32 Å². The lowest BCUT2D eigenvalue weighted by Crippen LogP contribution is -2.40. The van der Waals surface area contributed by atoms with Crippen LogP contribution in [0.25, 0.3) is 5.65 Å². The molecule has 1 amide bonds. The standard InChI is InChI=1S/C23H31N5O2/c1-6-17-19(15(2)26-30-17)22(29)27-12-9-10-16(14-27)20-21(25-23(3,4)5)28-13-8-7-11-18(28)24-20/h7-8,11,13,16,25H,6,9-10,12,14H2,1-5H3/t16-/m1/s1. The Morgan fingerprint density at radius 1 is 1.33 bits per heavy atom. The molecule has 0 bridgehead atoms. The van der Waals surface area contributed by atoms with Crippen molar-refractivity contribution in [3.05, 3.63) is 47.1 Å². The minimum absolute atomic E-state index is 0.0180. The number of rotatable bonds is 4. The van der Waals surface area contributed by atoms with Gasteiger partial charge in [0.25, 0.3) is 5.91 Å². The fourth-order valence-electron chi connectivity index (χ4n) is 4.25. The van der Waals surface area contributed by atoms with Gasteiger partial charge in [-0.25, -0.2) is 4.98 Å². The van der Waals surface area contributed by atoms with E-state index >= 15 is 0 Å². The highest BCUT2D eigenvalue weighted by molar-refractivity contribution is 5.96. The SMILES string of the molecule is CCc1onc(C)c1C(=O)N1CCC[C@@H](c2nc3ccccn3c2NC(C)(C)C)C1.